The predicted molar refractivity (Wildman–Crippen MR) is 79.4 cm³/mol. The van der Waals surface area contributed by atoms with E-state index in [4.69, 9.17) is 4.52 Å². The van der Waals surface area contributed by atoms with Gasteiger partial charge in [0.15, 0.2) is 5.76 Å². The number of carbonyl (C=O) groups is 1. The molecule has 1 heterocycles. The van der Waals surface area contributed by atoms with E-state index in [2.05, 4.69) is 5.16 Å². The number of rotatable bonds is 4. The first-order valence-corrected chi connectivity index (χ1v) is 6.71. The van der Waals surface area contributed by atoms with Crippen LogP contribution in [0.15, 0.2) is 41.1 Å². The molecular weight excluding hydrogens is 323 g/mol. The molecule has 0 bridgehead atoms. The van der Waals surface area contributed by atoms with Crippen molar-refractivity contribution < 1.29 is 22.5 Å². The largest absolute Gasteiger partial charge is 0.455 e. The maximum atomic E-state index is 12.8. The minimum Gasteiger partial charge on any atom is -0.383 e. The van der Waals surface area contributed by atoms with Crippen LogP contribution in [0.4, 0.5) is 13.2 Å². The third-order valence-electron chi connectivity index (χ3n) is 2.99. The van der Waals surface area contributed by atoms with E-state index in [1.54, 1.807) is 36.4 Å². The Kier molecular flexibility index (Phi) is 4.74. The summed E-state index contributed by atoms with van der Waals surface area (Å²) < 4.78 is 43.5. The van der Waals surface area contributed by atoms with Crippen LogP contribution in [0, 0.1) is 11.3 Å². The molecule has 0 aliphatic carbocycles. The van der Waals surface area contributed by atoms with Crippen molar-refractivity contribution in [1.82, 2.24) is 10.1 Å². The Labute approximate surface area is 135 Å². The Morgan fingerprint density at radius 2 is 1.92 bits per heavy atom. The van der Waals surface area contributed by atoms with Crippen molar-refractivity contribution in [3.8, 4) is 17.3 Å². The van der Waals surface area contributed by atoms with Crippen molar-refractivity contribution in [2.75, 3.05) is 14.1 Å². The first-order valence-electron chi connectivity index (χ1n) is 6.71. The molecule has 0 fully saturated rings. The zero-order valence-corrected chi connectivity index (χ0v) is 12.8. The normalized spacial score (nSPS) is 11.9. The third-order valence-corrected chi connectivity index (χ3v) is 2.99. The van der Waals surface area contributed by atoms with E-state index in [1.165, 1.54) is 19.0 Å². The van der Waals surface area contributed by atoms with Gasteiger partial charge in [-0.25, -0.2) is 0 Å². The van der Waals surface area contributed by atoms with Crippen molar-refractivity contribution in [3.05, 3.63) is 47.9 Å². The summed E-state index contributed by atoms with van der Waals surface area (Å²) in [4.78, 5) is 13.0. The second kappa shape index (κ2) is 6.58. The van der Waals surface area contributed by atoms with E-state index in [0.717, 1.165) is 6.20 Å². The van der Waals surface area contributed by atoms with Gasteiger partial charge in [-0.1, -0.05) is 35.5 Å². The molecule has 8 heteroatoms. The Morgan fingerprint density at radius 3 is 2.42 bits per heavy atom. The minimum atomic E-state index is -5.10. The summed E-state index contributed by atoms with van der Waals surface area (Å²) in [7, 11) is 2.90. The smallest absolute Gasteiger partial charge is 0.383 e. The summed E-state index contributed by atoms with van der Waals surface area (Å²) in [5.41, 5.74) is -0.439. The summed E-state index contributed by atoms with van der Waals surface area (Å²) in [5.74, 6) is -2.61. The van der Waals surface area contributed by atoms with Gasteiger partial charge in [0.1, 0.15) is 17.3 Å². The fourth-order valence-electron chi connectivity index (χ4n) is 2.00. The molecule has 0 aliphatic rings. The van der Waals surface area contributed by atoms with Gasteiger partial charge in [-0.15, -0.1) is 0 Å². The van der Waals surface area contributed by atoms with Gasteiger partial charge in [0.05, 0.1) is 5.57 Å². The lowest BCUT2D eigenvalue weighted by molar-refractivity contribution is -0.164. The summed E-state index contributed by atoms with van der Waals surface area (Å²) >= 11 is 0. The molecule has 0 spiro atoms. The number of nitrogens with zero attached hydrogens (tertiary/aromatic N) is 3. The zero-order valence-electron chi connectivity index (χ0n) is 12.8. The van der Waals surface area contributed by atoms with Gasteiger partial charge in [0, 0.05) is 25.9 Å². The average molecular weight is 335 g/mol. The molecular formula is C16H12F3N3O2. The molecule has 0 radical (unpaired) electrons. The molecule has 0 amide bonds. The SMILES string of the molecule is CN(C)/C=C(\C(=O)C(F)(F)F)c1onc(-c2ccccc2)c1C#N. The average Bonchev–Trinajstić information content (AvgIpc) is 2.95. The van der Waals surface area contributed by atoms with Crippen LogP contribution in [0.25, 0.3) is 16.8 Å². The van der Waals surface area contributed by atoms with Crippen LogP contribution in [0.1, 0.15) is 11.3 Å². The van der Waals surface area contributed by atoms with Crippen LogP contribution >= 0.6 is 0 Å². The highest BCUT2D eigenvalue weighted by atomic mass is 19.4. The molecule has 0 saturated heterocycles. The fourth-order valence-corrected chi connectivity index (χ4v) is 2.00. The maximum Gasteiger partial charge on any atom is 0.455 e. The Hall–Kier alpha value is -3.08. The van der Waals surface area contributed by atoms with E-state index in [-0.39, 0.29) is 11.3 Å². The molecule has 24 heavy (non-hydrogen) atoms. The lowest BCUT2D eigenvalue weighted by Gasteiger charge is -2.11. The number of hydrogen-bond acceptors (Lipinski definition) is 5. The predicted octanol–water partition coefficient (Wildman–Crippen LogP) is 3.25. The number of hydrogen-bond donors (Lipinski definition) is 0. The first-order chi connectivity index (χ1) is 11.3. The summed E-state index contributed by atoms with van der Waals surface area (Å²) in [6.45, 7) is 0. The van der Waals surface area contributed by atoms with E-state index < -0.39 is 23.3 Å². The molecule has 0 aliphatic heterocycles. The van der Waals surface area contributed by atoms with Crippen LogP contribution in [0.2, 0.25) is 0 Å². The molecule has 124 valence electrons. The van der Waals surface area contributed by atoms with E-state index >= 15 is 0 Å². The van der Waals surface area contributed by atoms with Crippen molar-refractivity contribution >= 4 is 11.4 Å². The second-order valence-electron chi connectivity index (χ2n) is 5.05. The number of nitriles is 1. The number of carbonyl (C=O) groups excluding carboxylic acids is 1. The van der Waals surface area contributed by atoms with Gasteiger partial charge < -0.3 is 9.42 Å². The Morgan fingerprint density at radius 1 is 1.29 bits per heavy atom. The monoisotopic (exact) mass is 335 g/mol. The van der Waals surface area contributed by atoms with Gasteiger partial charge in [0.2, 0.25) is 0 Å². The van der Waals surface area contributed by atoms with Crippen LogP contribution in [-0.2, 0) is 4.79 Å². The number of ketones is 1. The number of halogens is 3. The molecule has 0 saturated carbocycles. The van der Waals surface area contributed by atoms with Gasteiger partial charge in [0.25, 0.3) is 5.78 Å². The highest BCUT2D eigenvalue weighted by Gasteiger charge is 2.43. The standard InChI is InChI=1S/C16H12F3N3O2/c1-22(2)9-12(15(23)16(17,18)19)14-11(8-20)13(21-24-14)10-6-4-3-5-7-10/h3-7,9H,1-2H3/b12-9-. The number of benzene rings is 1. The zero-order chi connectivity index (χ0) is 17.9. The Balaban J connectivity index is 2.63. The van der Waals surface area contributed by atoms with E-state index in [0.29, 0.717) is 5.56 Å². The topological polar surface area (TPSA) is 70.1 Å². The molecule has 2 rings (SSSR count). The number of Topliss-reactive ketones (excluding diaryl/α,β-unsaturated/α-hetero) is 1. The van der Waals surface area contributed by atoms with E-state index in [1.807, 2.05) is 0 Å². The lowest BCUT2D eigenvalue weighted by atomic mass is 10.0. The molecule has 1 aromatic carbocycles. The first kappa shape index (κ1) is 17.3. The maximum absolute atomic E-state index is 12.8. The van der Waals surface area contributed by atoms with Crippen LogP contribution in [0.5, 0.6) is 0 Å². The number of alkyl halides is 3. The van der Waals surface area contributed by atoms with Crippen LogP contribution < -0.4 is 0 Å². The fraction of sp³-hybridized carbons (Fsp3) is 0.188. The number of allylic oxidation sites excluding steroid dienone is 1. The van der Waals surface area contributed by atoms with Gasteiger partial charge >= 0.3 is 6.18 Å². The van der Waals surface area contributed by atoms with Crippen molar-refractivity contribution in [2.24, 2.45) is 0 Å². The molecule has 1 aromatic heterocycles. The van der Waals surface area contributed by atoms with Crippen LogP contribution in [0.3, 0.4) is 0 Å². The summed E-state index contributed by atoms with van der Waals surface area (Å²) in [6.07, 6.45) is -4.15. The van der Waals surface area contributed by atoms with Crippen molar-refractivity contribution in [1.29, 1.82) is 5.26 Å². The van der Waals surface area contributed by atoms with Crippen LogP contribution in [-0.4, -0.2) is 36.1 Å². The Bertz CT molecular complexity index is 815. The van der Waals surface area contributed by atoms with Gasteiger partial charge in [-0.05, 0) is 0 Å². The molecule has 0 atom stereocenters. The van der Waals surface area contributed by atoms with E-state index in [9.17, 15) is 23.2 Å². The lowest BCUT2D eigenvalue weighted by Crippen LogP contribution is -2.25. The molecule has 0 unspecified atom stereocenters. The third kappa shape index (κ3) is 3.46. The quantitative estimate of drug-likeness (QED) is 0.802. The van der Waals surface area contributed by atoms with Crippen molar-refractivity contribution in [2.45, 2.75) is 6.18 Å². The summed E-state index contributed by atoms with van der Waals surface area (Å²) in [6, 6.07) is 10.1. The summed E-state index contributed by atoms with van der Waals surface area (Å²) in [5, 5.41) is 13.0. The van der Waals surface area contributed by atoms with Crippen molar-refractivity contribution in [3.63, 3.8) is 0 Å². The highest BCUT2D eigenvalue weighted by molar-refractivity contribution is 6.23. The molecule has 0 N–H and O–H groups in total. The minimum absolute atomic E-state index is 0.0766. The number of aromatic nitrogens is 1. The van der Waals surface area contributed by atoms with Gasteiger partial charge in [-0.3, -0.25) is 4.79 Å². The van der Waals surface area contributed by atoms with Gasteiger partial charge in [-0.2, -0.15) is 18.4 Å². The highest BCUT2D eigenvalue weighted by Crippen LogP contribution is 2.33. The molecule has 5 nitrogen and oxygen atoms in total. The molecule has 2 aromatic rings. The second-order valence-corrected chi connectivity index (χ2v) is 5.05.